The summed E-state index contributed by atoms with van der Waals surface area (Å²) in [4.78, 5) is 72.9. The average Bonchev–Trinajstić information content (AvgIpc) is 1.12. The lowest BCUT2D eigenvalue weighted by Gasteiger charge is -2.21. The molecule has 0 aliphatic carbocycles. The molecule has 0 aromatic carbocycles. The van der Waals surface area contributed by atoms with Crippen molar-refractivity contribution in [2.24, 2.45) is 17.8 Å². The Balaban J connectivity index is 5.26. The fourth-order valence-corrected chi connectivity index (χ4v) is 13.4. The number of rotatable bonds is 75. The van der Waals surface area contributed by atoms with Gasteiger partial charge in [-0.25, -0.2) is 9.13 Å². The highest BCUT2D eigenvalue weighted by molar-refractivity contribution is 7.47. The van der Waals surface area contributed by atoms with Gasteiger partial charge in [0.25, 0.3) is 0 Å². The predicted molar refractivity (Wildman–Crippen MR) is 391 cm³/mol. The van der Waals surface area contributed by atoms with Gasteiger partial charge in [-0.2, -0.15) is 0 Å². The van der Waals surface area contributed by atoms with E-state index in [-0.39, 0.29) is 25.7 Å². The number of aliphatic hydroxyl groups excluding tert-OH is 1. The van der Waals surface area contributed by atoms with E-state index in [9.17, 15) is 43.2 Å². The number of hydrogen-bond donors (Lipinski definition) is 3. The van der Waals surface area contributed by atoms with E-state index in [1.807, 2.05) is 0 Å². The smallest absolute Gasteiger partial charge is 0.462 e. The summed E-state index contributed by atoms with van der Waals surface area (Å²) in [7, 11) is -9.91. The average molecular weight is 1410 g/mol. The van der Waals surface area contributed by atoms with E-state index < -0.39 is 97.5 Å². The van der Waals surface area contributed by atoms with E-state index in [1.54, 1.807) is 0 Å². The van der Waals surface area contributed by atoms with Crippen LogP contribution in [0.2, 0.25) is 0 Å². The number of carbonyl (C=O) groups excluding carboxylic acids is 4. The molecule has 570 valence electrons. The highest BCUT2D eigenvalue weighted by Crippen LogP contribution is 2.45. The van der Waals surface area contributed by atoms with Gasteiger partial charge in [0.05, 0.1) is 26.4 Å². The maximum atomic E-state index is 13.1. The van der Waals surface area contributed by atoms with Crippen molar-refractivity contribution in [2.75, 3.05) is 39.6 Å². The Morgan fingerprint density at radius 2 is 0.479 bits per heavy atom. The third-order valence-corrected chi connectivity index (χ3v) is 19.8. The minimum absolute atomic E-state index is 0.106. The fourth-order valence-electron chi connectivity index (χ4n) is 11.8. The molecular formula is C77H150O17P2. The molecule has 5 atom stereocenters. The van der Waals surface area contributed by atoms with Crippen molar-refractivity contribution >= 4 is 39.5 Å². The van der Waals surface area contributed by atoms with Crippen LogP contribution < -0.4 is 0 Å². The molecule has 3 N–H and O–H groups in total. The van der Waals surface area contributed by atoms with Gasteiger partial charge in [-0.15, -0.1) is 0 Å². The quantitative estimate of drug-likeness (QED) is 0.0222. The molecule has 96 heavy (non-hydrogen) atoms. The lowest BCUT2D eigenvalue weighted by molar-refractivity contribution is -0.161. The lowest BCUT2D eigenvalue weighted by atomic mass is 10.0. The molecule has 0 aromatic rings. The number of carbonyl (C=O) groups is 4. The van der Waals surface area contributed by atoms with Crippen LogP contribution in [0.1, 0.15) is 395 Å². The molecule has 0 saturated heterocycles. The van der Waals surface area contributed by atoms with Crippen molar-refractivity contribution in [2.45, 2.75) is 414 Å². The molecule has 0 aliphatic rings. The van der Waals surface area contributed by atoms with E-state index in [0.717, 1.165) is 108 Å². The minimum Gasteiger partial charge on any atom is -0.462 e. The zero-order valence-electron chi connectivity index (χ0n) is 62.8. The molecule has 0 fully saturated rings. The second-order valence-electron chi connectivity index (χ2n) is 29.2. The van der Waals surface area contributed by atoms with Gasteiger partial charge >= 0.3 is 39.5 Å². The first kappa shape index (κ1) is 94.1. The topological polar surface area (TPSA) is 237 Å². The van der Waals surface area contributed by atoms with Gasteiger partial charge in [0.1, 0.15) is 19.3 Å². The molecule has 0 spiro atoms. The van der Waals surface area contributed by atoms with Gasteiger partial charge in [0.2, 0.25) is 0 Å². The molecule has 0 amide bonds. The van der Waals surface area contributed by atoms with Crippen LogP contribution in [0.15, 0.2) is 0 Å². The summed E-state index contributed by atoms with van der Waals surface area (Å²) in [5, 5.41) is 10.6. The maximum Gasteiger partial charge on any atom is 0.472 e. The van der Waals surface area contributed by atoms with E-state index in [1.165, 1.54) is 205 Å². The van der Waals surface area contributed by atoms with Crippen LogP contribution in [0.25, 0.3) is 0 Å². The molecular weight excluding hydrogens is 1260 g/mol. The molecule has 0 rings (SSSR count). The largest absolute Gasteiger partial charge is 0.472 e. The standard InChI is InChI=1S/C77H150O17P2/c1-8-9-10-11-12-13-20-30-37-44-51-58-74(79)87-64-73(94-77(82)61-54-47-40-33-26-25-29-36-43-50-57-70(6)7)67-92-96(85,86)90-63-71(78)62-89-95(83,84)91-66-72(65-88-75(80)59-52-45-38-31-23-19-18-22-28-35-42-49-56-69(4)5)93-76(81)60-53-46-39-32-24-17-15-14-16-21-27-34-41-48-55-68(2)3/h68-73,78H,8-67H2,1-7H3,(H,83,84)(H,85,86)/t71-,72-,73-/m1/s1. The molecule has 0 radical (unpaired) electrons. The maximum absolute atomic E-state index is 13.1. The van der Waals surface area contributed by atoms with E-state index in [2.05, 4.69) is 48.5 Å². The van der Waals surface area contributed by atoms with Crippen LogP contribution in [0.4, 0.5) is 0 Å². The number of unbranched alkanes of at least 4 members (excludes halogenated alkanes) is 43. The van der Waals surface area contributed by atoms with Crippen LogP contribution in [0.5, 0.6) is 0 Å². The lowest BCUT2D eigenvalue weighted by Crippen LogP contribution is -2.30. The van der Waals surface area contributed by atoms with Crippen molar-refractivity contribution < 1.29 is 80.2 Å². The zero-order chi connectivity index (χ0) is 70.9. The molecule has 2 unspecified atom stereocenters. The third-order valence-electron chi connectivity index (χ3n) is 17.9. The van der Waals surface area contributed by atoms with E-state index in [4.69, 9.17) is 37.0 Å². The summed E-state index contributed by atoms with van der Waals surface area (Å²) < 4.78 is 68.6. The molecule has 0 aromatic heterocycles. The molecule has 0 saturated carbocycles. The number of ether oxygens (including phenoxy) is 4. The highest BCUT2D eigenvalue weighted by atomic mass is 31.2. The summed E-state index contributed by atoms with van der Waals surface area (Å²) in [6, 6.07) is 0. The molecule has 0 bridgehead atoms. The van der Waals surface area contributed by atoms with Crippen molar-refractivity contribution in [3.05, 3.63) is 0 Å². The fraction of sp³-hybridized carbons (Fsp3) is 0.948. The first-order valence-electron chi connectivity index (χ1n) is 39.8. The van der Waals surface area contributed by atoms with E-state index in [0.29, 0.717) is 25.7 Å². The van der Waals surface area contributed by atoms with Crippen molar-refractivity contribution in [1.82, 2.24) is 0 Å². The first-order chi connectivity index (χ1) is 46.2. The summed E-state index contributed by atoms with van der Waals surface area (Å²) in [6.07, 6.45) is 54.0. The van der Waals surface area contributed by atoms with Crippen LogP contribution in [-0.4, -0.2) is 96.7 Å². The first-order valence-corrected chi connectivity index (χ1v) is 42.8. The Hall–Kier alpha value is -1.94. The summed E-state index contributed by atoms with van der Waals surface area (Å²) in [5.74, 6) is 0.214. The number of hydrogen-bond acceptors (Lipinski definition) is 15. The number of phosphoric ester groups is 2. The van der Waals surface area contributed by atoms with Crippen LogP contribution in [0, 0.1) is 17.8 Å². The normalized spacial score (nSPS) is 14.1. The second-order valence-corrected chi connectivity index (χ2v) is 32.1. The Bertz CT molecular complexity index is 1870. The predicted octanol–water partition coefficient (Wildman–Crippen LogP) is 22.6. The van der Waals surface area contributed by atoms with Crippen molar-refractivity contribution in [3.63, 3.8) is 0 Å². The zero-order valence-corrected chi connectivity index (χ0v) is 64.6. The van der Waals surface area contributed by atoms with Crippen LogP contribution in [-0.2, 0) is 65.4 Å². The van der Waals surface area contributed by atoms with Gasteiger partial charge in [-0.3, -0.25) is 37.3 Å². The molecule has 0 aliphatic heterocycles. The Labute approximate surface area is 588 Å². The van der Waals surface area contributed by atoms with Gasteiger partial charge in [-0.05, 0) is 43.4 Å². The third kappa shape index (κ3) is 70.5. The SMILES string of the molecule is CCCCCCCCCCCCCC(=O)OC[C@H](COP(=O)(O)OC[C@H](O)COP(=O)(O)OC[C@@H](COC(=O)CCCCCCCCCCCCCCC(C)C)OC(=O)CCCCCCCCCCCCCCCCC(C)C)OC(=O)CCCCCCCCCCCCC(C)C. The van der Waals surface area contributed by atoms with Gasteiger partial charge < -0.3 is 33.8 Å². The number of aliphatic hydroxyl groups is 1. The van der Waals surface area contributed by atoms with E-state index >= 15 is 0 Å². The van der Waals surface area contributed by atoms with Crippen LogP contribution in [0.3, 0.4) is 0 Å². The Morgan fingerprint density at radius 3 is 0.708 bits per heavy atom. The number of esters is 4. The molecule has 17 nitrogen and oxygen atoms in total. The van der Waals surface area contributed by atoms with Crippen LogP contribution >= 0.6 is 15.6 Å². The molecule has 0 heterocycles. The Kier molecular flexibility index (Phi) is 66.2. The summed E-state index contributed by atoms with van der Waals surface area (Å²) in [5.41, 5.74) is 0. The van der Waals surface area contributed by atoms with Gasteiger partial charge in [0.15, 0.2) is 12.2 Å². The minimum atomic E-state index is -4.96. The Morgan fingerprint density at radius 1 is 0.281 bits per heavy atom. The second kappa shape index (κ2) is 67.5. The molecule has 19 heteroatoms. The van der Waals surface area contributed by atoms with Crippen molar-refractivity contribution in [3.8, 4) is 0 Å². The number of phosphoric acid groups is 2. The van der Waals surface area contributed by atoms with Gasteiger partial charge in [0, 0.05) is 25.7 Å². The van der Waals surface area contributed by atoms with Crippen molar-refractivity contribution in [1.29, 1.82) is 0 Å². The van der Waals surface area contributed by atoms with Gasteiger partial charge in [-0.1, -0.05) is 344 Å². The summed E-state index contributed by atoms with van der Waals surface area (Å²) >= 11 is 0. The summed E-state index contributed by atoms with van der Waals surface area (Å²) in [6.45, 7) is 11.9. The highest BCUT2D eigenvalue weighted by Gasteiger charge is 2.30. The monoisotopic (exact) mass is 1410 g/mol.